The number of nitrogens with one attached hydrogen (secondary N) is 1. The highest BCUT2D eigenvalue weighted by molar-refractivity contribution is 6.23. The number of benzene rings is 4. The second-order valence-corrected chi connectivity index (χ2v) is 10.7. The Morgan fingerprint density at radius 3 is 1.66 bits per heavy atom. The van der Waals surface area contributed by atoms with Gasteiger partial charge < -0.3 is 5.32 Å². The summed E-state index contributed by atoms with van der Waals surface area (Å²) in [5.41, 5.74) is 8.22. The van der Waals surface area contributed by atoms with Gasteiger partial charge in [0.1, 0.15) is 0 Å². The summed E-state index contributed by atoms with van der Waals surface area (Å²) in [5.74, 6) is -1.88. The molecule has 0 spiro atoms. The molecule has 0 aromatic heterocycles. The zero-order valence-electron chi connectivity index (χ0n) is 21.1. The van der Waals surface area contributed by atoms with Gasteiger partial charge in [-0.05, 0) is 77.6 Å². The predicted molar refractivity (Wildman–Crippen MR) is 146 cm³/mol. The molecule has 1 heterocycles. The van der Waals surface area contributed by atoms with Crippen molar-refractivity contribution < 1.29 is 14.4 Å². The summed E-state index contributed by atoms with van der Waals surface area (Å²) >= 11 is 0. The summed E-state index contributed by atoms with van der Waals surface area (Å²) in [7, 11) is 0. The molecule has 4 aromatic rings. The molecule has 186 valence electrons. The number of hydrogen-bond acceptors (Lipinski definition) is 3. The molecule has 1 aliphatic heterocycles. The molecule has 0 saturated carbocycles. The summed E-state index contributed by atoms with van der Waals surface area (Å²) in [4.78, 5) is 42.5. The highest BCUT2D eigenvalue weighted by atomic mass is 16.2. The SMILES string of the molecule is Cc1cc(C)cc(NC(=O)c2cccc(N3C(=O)[C@@H]4C5c6ccccc6C(c6ccccc65)[C@@H]4C3=O)c2)c1. The molecular weight excluding hydrogens is 472 g/mol. The maximum Gasteiger partial charge on any atom is 0.255 e. The van der Waals surface area contributed by atoms with E-state index in [4.69, 9.17) is 0 Å². The summed E-state index contributed by atoms with van der Waals surface area (Å²) < 4.78 is 0. The lowest BCUT2D eigenvalue weighted by Crippen LogP contribution is -2.41. The summed E-state index contributed by atoms with van der Waals surface area (Å²) in [6.07, 6.45) is 0. The van der Waals surface area contributed by atoms with E-state index in [1.165, 1.54) is 4.90 Å². The van der Waals surface area contributed by atoms with Crippen LogP contribution in [0, 0.1) is 25.7 Å². The minimum atomic E-state index is -0.454. The molecule has 4 aliphatic rings. The maximum atomic E-state index is 14.0. The average molecular weight is 499 g/mol. The second-order valence-electron chi connectivity index (χ2n) is 10.7. The van der Waals surface area contributed by atoms with Crippen LogP contribution in [-0.2, 0) is 9.59 Å². The quantitative estimate of drug-likeness (QED) is 0.355. The molecule has 1 saturated heterocycles. The van der Waals surface area contributed by atoms with E-state index in [1.54, 1.807) is 24.3 Å². The minimum absolute atomic E-state index is 0.158. The van der Waals surface area contributed by atoms with Gasteiger partial charge in [0.05, 0.1) is 17.5 Å². The van der Waals surface area contributed by atoms with Gasteiger partial charge in [0.15, 0.2) is 0 Å². The Hall–Kier alpha value is -4.51. The molecule has 5 nitrogen and oxygen atoms in total. The molecule has 0 unspecified atom stereocenters. The number of hydrogen-bond donors (Lipinski definition) is 1. The van der Waals surface area contributed by atoms with Gasteiger partial charge in [0.2, 0.25) is 11.8 Å². The molecular formula is C33H26N2O3. The molecule has 3 aliphatic carbocycles. The number of carbonyl (C=O) groups is 3. The zero-order valence-corrected chi connectivity index (χ0v) is 21.1. The van der Waals surface area contributed by atoms with Crippen molar-refractivity contribution in [2.24, 2.45) is 11.8 Å². The van der Waals surface area contributed by atoms with E-state index in [9.17, 15) is 14.4 Å². The Kier molecular flexibility index (Phi) is 4.92. The van der Waals surface area contributed by atoms with Crippen LogP contribution in [0.1, 0.15) is 55.6 Å². The van der Waals surface area contributed by atoms with Crippen molar-refractivity contribution in [1.29, 1.82) is 0 Å². The first-order valence-corrected chi connectivity index (χ1v) is 13.0. The van der Waals surface area contributed by atoms with Crippen molar-refractivity contribution in [3.8, 4) is 0 Å². The number of imide groups is 1. The number of nitrogens with zero attached hydrogens (tertiary/aromatic N) is 1. The normalized spacial score (nSPS) is 22.6. The fourth-order valence-corrected chi connectivity index (χ4v) is 6.97. The van der Waals surface area contributed by atoms with Crippen molar-refractivity contribution in [3.05, 3.63) is 130 Å². The van der Waals surface area contributed by atoms with E-state index < -0.39 is 11.8 Å². The molecule has 2 atom stereocenters. The van der Waals surface area contributed by atoms with Crippen LogP contribution in [0.3, 0.4) is 0 Å². The summed E-state index contributed by atoms with van der Waals surface area (Å²) in [6.45, 7) is 3.97. The van der Waals surface area contributed by atoms with E-state index in [1.807, 2.05) is 56.3 Å². The fourth-order valence-electron chi connectivity index (χ4n) is 6.97. The predicted octanol–water partition coefficient (Wildman–Crippen LogP) is 5.95. The Morgan fingerprint density at radius 2 is 1.16 bits per heavy atom. The van der Waals surface area contributed by atoms with Gasteiger partial charge in [-0.2, -0.15) is 0 Å². The number of aryl methyl sites for hydroxylation is 2. The molecule has 2 bridgehead atoms. The van der Waals surface area contributed by atoms with Gasteiger partial charge in [-0.3, -0.25) is 14.4 Å². The summed E-state index contributed by atoms with van der Waals surface area (Å²) in [5, 5.41) is 2.95. The van der Waals surface area contributed by atoms with Crippen LogP contribution in [0.5, 0.6) is 0 Å². The standard InChI is InChI=1S/C33H26N2O3/c1-18-14-19(2)16-21(15-18)34-31(36)20-8-7-9-22(17-20)35-32(37)29-27-23-10-3-4-11-24(23)28(30(29)33(35)38)26-13-6-5-12-25(26)27/h3-17,27-30H,1-2H3,(H,34,36)/t27?,28?,29-,30+. The van der Waals surface area contributed by atoms with Crippen molar-refractivity contribution in [2.75, 3.05) is 10.2 Å². The van der Waals surface area contributed by atoms with Crippen LogP contribution in [-0.4, -0.2) is 17.7 Å². The number of amides is 3. The van der Waals surface area contributed by atoms with E-state index >= 15 is 0 Å². The Labute approximate surface area is 221 Å². The Balaban J connectivity index is 1.26. The van der Waals surface area contributed by atoms with Gasteiger partial charge in [0.25, 0.3) is 5.91 Å². The third-order valence-corrected chi connectivity index (χ3v) is 8.29. The van der Waals surface area contributed by atoms with Gasteiger partial charge in [-0.15, -0.1) is 0 Å². The lowest BCUT2D eigenvalue weighted by atomic mass is 9.55. The number of rotatable bonds is 3. The van der Waals surface area contributed by atoms with Crippen LogP contribution < -0.4 is 10.2 Å². The molecule has 8 rings (SSSR count). The van der Waals surface area contributed by atoms with Gasteiger partial charge in [0, 0.05) is 23.1 Å². The van der Waals surface area contributed by atoms with Gasteiger partial charge in [-0.1, -0.05) is 60.7 Å². The first kappa shape index (κ1) is 22.7. The lowest BCUT2D eigenvalue weighted by Gasteiger charge is -2.45. The zero-order chi connectivity index (χ0) is 26.1. The number of anilines is 2. The molecule has 3 amide bonds. The Bertz CT molecular complexity index is 1540. The first-order valence-electron chi connectivity index (χ1n) is 13.0. The van der Waals surface area contributed by atoms with Gasteiger partial charge >= 0.3 is 0 Å². The fraction of sp³-hybridized carbons (Fsp3) is 0.182. The van der Waals surface area contributed by atoms with Crippen molar-refractivity contribution >= 4 is 29.1 Å². The van der Waals surface area contributed by atoms with E-state index in [-0.39, 0.29) is 29.6 Å². The molecule has 1 fully saturated rings. The maximum absolute atomic E-state index is 14.0. The monoisotopic (exact) mass is 498 g/mol. The minimum Gasteiger partial charge on any atom is -0.322 e. The number of carbonyl (C=O) groups excluding carboxylic acids is 3. The topological polar surface area (TPSA) is 66.5 Å². The van der Waals surface area contributed by atoms with E-state index in [0.29, 0.717) is 16.9 Å². The summed E-state index contributed by atoms with van der Waals surface area (Å²) in [6, 6.07) is 29.1. The van der Waals surface area contributed by atoms with Crippen LogP contribution in [0.25, 0.3) is 0 Å². The van der Waals surface area contributed by atoms with Crippen molar-refractivity contribution in [1.82, 2.24) is 0 Å². The van der Waals surface area contributed by atoms with E-state index in [0.717, 1.165) is 33.4 Å². The molecule has 5 heteroatoms. The van der Waals surface area contributed by atoms with Crippen LogP contribution in [0.2, 0.25) is 0 Å². The largest absolute Gasteiger partial charge is 0.322 e. The Morgan fingerprint density at radius 1 is 0.658 bits per heavy atom. The van der Waals surface area contributed by atoms with E-state index in [2.05, 4.69) is 29.6 Å². The molecule has 1 N–H and O–H groups in total. The highest BCUT2D eigenvalue weighted by Crippen LogP contribution is 2.61. The van der Waals surface area contributed by atoms with Crippen LogP contribution in [0.15, 0.2) is 91.0 Å². The van der Waals surface area contributed by atoms with Gasteiger partial charge in [-0.25, -0.2) is 4.90 Å². The third kappa shape index (κ3) is 3.21. The lowest BCUT2D eigenvalue weighted by molar-refractivity contribution is -0.122. The molecule has 38 heavy (non-hydrogen) atoms. The third-order valence-electron chi connectivity index (χ3n) is 8.29. The molecule has 0 radical (unpaired) electrons. The first-order chi connectivity index (χ1) is 18.4. The smallest absolute Gasteiger partial charge is 0.255 e. The van der Waals surface area contributed by atoms with Crippen LogP contribution >= 0.6 is 0 Å². The molecule has 4 aromatic carbocycles. The van der Waals surface area contributed by atoms with Crippen LogP contribution in [0.4, 0.5) is 11.4 Å². The average Bonchev–Trinajstić information content (AvgIpc) is 3.18. The van der Waals surface area contributed by atoms with Crippen molar-refractivity contribution in [2.45, 2.75) is 25.7 Å². The second kappa shape index (κ2) is 8.25. The highest BCUT2D eigenvalue weighted by Gasteiger charge is 2.61. The van der Waals surface area contributed by atoms with Crippen molar-refractivity contribution in [3.63, 3.8) is 0 Å².